The van der Waals surface area contributed by atoms with E-state index >= 15 is 0 Å². The molecule has 61 heavy (non-hydrogen) atoms. The molecule has 0 aromatic heterocycles. The number of aliphatic hydroxyl groups is 3. The lowest BCUT2D eigenvalue weighted by Crippen LogP contribution is -2.37. The van der Waals surface area contributed by atoms with E-state index in [1.54, 1.807) is 6.08 Å². The minimum Gasteiger partial charge on any atom is -0.756 e. The standard InChI is InChI=1S/C48H86NO11P/c1-6-8-10-11-12-13-14-15-16-17-18-19-20-21-22-23-29-33-48(54)60-42(40-59-61(55,56)58-37-36-49(3,4)5)39-57-47(53)32-28-25-24-27-31-43-44(46(52)38-45(43)51)35-34-41(50)30-26-9-7-2/h15-16,18-19,21-22,34-35,41-46,50-52H,6-14,17,20,23-33,36-40H2,1-5H3/b16-15-,19-18-,22-21-,35-34+/t41-,42+,43+,44+,45-,46+/m0/s1. The molecule has 0 radical (unpaired) electrons. The summed E-state index contributed by atoms with van der Waals surface area (Å²) in [5.41, 5.74) is 0. The van der Waals surface area contributed by atoms with Crippen molar-refractivity contribution in [3.8, 4) is 0 Å². The Kier molecular flexibility index (Phi) is 32.8. The fourth-order valence-electron chi connectivity index (χ4n) is 7.18. The minimum atomic E-state index is -4.70. The Bertz CT molecular complexity index is 1300. The summed E-state index contributed by atoms with van der Waals surface area (Å²) < 4.78 is 33.9. The highest BCUT2D eigenvalue weighted by Gasteiger charge is 2.39. The van der Waals surface area contributed by atoms with Crippen molar-refractivity contribution in [2.75, 3.05) is 47.5 Å². The molecule has 1 aliphatic rings. The largest absolute Gasteiger partial charge is 0.756 e. The molecule has 1 unspecified atom stereocenters. The molecular formula is C48H86NO11P. The summed E-state index contributed by atoms with van der Waals surface area (Å²) in [7, 11) is 1.01. The monoisotopic (exact) mass is 884 g/mol. The average Bonchev–Trinajstić information content (AvgIpc) is 3.47. The molecule has 354 valence electrons. The van der Waals surface area contributed by atoms with Crippen LogP contribution in [0.25, 0.3) is 0 Å². The zero-order chi connectivity index (χ0) is 45.2. The number of carbonyl (C=O) groups excluding carboxylic acids is 2. The van der Waals surface area contributed by atoms with Gasteiger partial charge in [-0.25, -0.2) is 0 Å². The van der Waals surface area contributed by atoms with Gasteiger partial charge in [-0.05, 0) is 63.7 Å². The van der Waals surface area contributed by atoms with E-state index in [0.717, 1.165) is 64.2 Å². The van der Waals surface area contributed by atoms with Crippen molar-refractivity contribution in [2.24, 2.45) is 11.8 Å². The molecule has 0 saturated heterocycles. The van der Waals surface area contributed by atoms with E-state index in [1.165, 1.54) is 38.5 Å². The Hall–Kier alpha value is -2.15. The number of phosphoric acid groups is 1. The number of unbranched alkanes of at least 4 members (excludes halogenated alkanes) is 12. The summed E-state index contributed by atoms with van der Waals surface area (Å²) in [6, 6.07) is 0. The lowest BCUT2D eigenvalue weighted by molar-refractivity contribution is -0.870. The fraction of sp³-hybridized carbons (Fsp3) is 0.792. The van der Waals surface area contributed by atoms with Crippen molar-refractivity contribution in [1.29, 1.82) is 0 Å². The SMILES string of the molecule is CCCCCCCC/C=C\C/C=C\C/C=C\CCCC(=O)O[C@H](COC(=O)CCCCCC[C@@H]1[C@@H](/C=C/[C@@H](O)CCCCC)[C@H](O)C[C@@H]1O)COP(=O)([O-])OCC[N+](C)(C)C. The topological polar surface area (TPSA) is 172 Å². The molecule has 1 fully saturated rings. The fourth-order valence-corrected chi connectivity index (χ4v) is 7.91. The molecule has 1 saturated carbocycles. The van der Waals surface area contributed by atoms with Crippen molar-refractivity contribution in [2.45, 2.75) is 186 Å². The highest BCUT2D eigenvalue weighted by atomic mass is 31.2. The molecule has 0 aromatic carbocycles. The Balaban J connectivity index is 2.48. The van der Waals surface area contributed by atoms with Crippen LogP contribution in [-0.2, 0) is 32.7 Å². The third kappa shape index (κ3) is 32.2. The molecular weight excluding hydrogens is 797 g/mol. The first-order valence-electron chi connectivity index (χ1n) is 23.6. The summed E-state index contributed by atoms with van der Waals surface area (Å²) in [6.45, 7) is 3.82. The van der Waals surface area contributed by atoms with E-state index in [4.69, 9.17) is 18.5 Å². The predicted molar refractivity (Wildman–Crippen MR) is 242 cm³/mol. The smallest absolute Gasteiger partial charge is 0.306 e. The highest BCUT2D eigenvalue weighted by Crippen LogP contribution is 2.39. The number of aliphatic hydroxyl groups excluding tert-OH is 3. The maximum atomic E-state index is 12.7. The summed E-state index contributed by atoms with van der Waals surface area (Å²) in [5, 5.41) is 31.4. The number of hydrogen-bond donors (Lipinski definition) is 3. The number of likely N-dealkylation sites (N-methyl/N-ethyl adjacent to an activating group) is 1. The number of nitrogens with zero attached hydrogens (tertiary/aromatic N) is 1. The molecule has 0 amide bonds. The number of ether oxygens (including phenoxy) is 2. The number of hydrogen-bond acceptors (Lipinski definition) is 11. The third-order valence-corrected chi connectivity index (χ3v) is 11.9. The second kappa shape index (κ2) is 35.2. The van der Waals surface area contributed by atoms with Crippen LogP contribution in [0.5, 0.6) is 0 Å². The van der Waals surface area contributed by atoms with Crippen molar-refractivity contribution < 1.29 is 57.4 Å². The molecule has 0 aliphatic heterocycles. The summed E-state index contributed by atoms with van der Waals surface area (Å²) in [4.78, 5) is 37.8. The van der Waals surface area contributed by atoms with Gasteiger partial charge in [0.05, 0.1) is 46.1 Å². The first kappa shape index (κ1) is 56.9. The number of esters is 2. The van der Waals surface area contributed by atoms with E-state index < -0.39 is 50.8 Å². The Morgan fingerprint density at radius 2 is 1.33 bits per heavy atom. The summed E-state index contributed by atoms with van der Waals surface area (Å²) in [5.74, 6) is -1.33. The highest BCUT2D eigenvalue weighted by molar-refractivity contribution is 7.45. The lowest BCUT2D eigenvalue weighted by atomic mass is 9.88. The Labute approximate surface area is 370 Å². The quantitative estimate of drug-likeness (QED) is 0.0178. The molecule has 0 heterocycles. The van der Waals surface area contributed by atoms with E-state index in [9.17, 15) is 34.4 Å². The van der Waals surface area contributed by atoms with Crippen LogP contribution in [0, 0.1) is 11.8 Å². The van der Waals surface area contributed by atoms with Gasteiger partial charge in [-0.15, -0.1) is 0 Å². The van der Waals surface area contributed by atoms with Gasteiger partial charge in [0.2, 0.25) is 0 Å². The van der Waals surface area contributed by atoms with Gasteiger partial charge in [0.15, 0.2) is 6.10 Å². The van der Waals surface area contributed by atoms with Crippen LogP contribution in [0.2, 0.25) is 0 Å². The number of quaternary nitrogens is 1. The van der Waals surface area contributed by atoms with E-state index in [2.05, 4.69) is 44.2 Å². The summed E-state index contributed by atoms with van der Waals surface area (Å²) in [6.07, 6.45) is 33.6. The van der Waals surface area contributed by atoms with Crippen molar-refractivity contribution in [3.63, 3.8) is 0 Å². The van der Waals surface area contributed by atoms with Crippen molar-refractivity contribution >= 4 is 19.8 Å². The lowest BCUT2D eigenvalue weighted by Gasteiger charge is -2.28. The second-order valence-electron chi connectivity index (χ2n) is 17.7. The maximum Gasteiger partial charge on any atom is 0.306 e. The van der Waals surface area contributed by atoms with Gasteiger partial charge in [0.25, 0.3) is 7.82 Å². The van der Waals surface area contributed by atoms with E-state index in [1.807, 2.05) is 33.3 Å². The molecule has 13 heteroatoms. The van der Waals surface area contributed by atoms with Gasteiger partial charge in [-0.2, -0.15) is 0 Å². The Morgan fingerprint density at radius 3 is 2.02 bits per heavy atom. The number of rotatable bonds is 38. The zero-order valence-corrected chi connectivity index (χ0v) is 39.6. The third-order valence-electron chi connectivity index (χ3n) is 10.9. The number of phosphoric ester groups is 1. The van der Waals surface area contributed by atoms with Gasteiger partial charge in [-0.3, -0.25) is 14.2 Å². The molecule has 0 spiro atoms. The second-order valence-corrected chi connectivity index (χ2v) is 19.1. The maximum absolute atomic E-state index is 12.7. The van der Waals surface area contributed by atoms with Gasteiger partial charge >= 0.3 is 11.9 Å². The Morgan fingerprint density at radius 1 is 0.738 bits per heavy atom. The van der Waals surface area contributed by atoms with Gasteiger partial charge in [-0.1, -0.05) is 133 Å². The molecule has 0 aromatic rings. The molecule has 7 atom stereocenters. The van der Waals surface area contributed by atoms with Crippen LogP contribution in [0.1, 0.15) is 162 Å². The van der Waals surface area contributed by atoms with Gasteiger partial charge in [0.1, 0.15) is 19.8 Å². The molecule has 1 rings (SSSR count). The van der Waals surface area contributed by atoms with Gasteiger partial charge in [0, 0.05) is 25.2 Å². The molecule has 1 aliphatic carbocycles. The van der Waals surface area contributed by atoms with Crippen LogP contribution < -0.4 is 4.89 Å². The number of allylic oxidation sites excluding steroid dienone is 6. The minimum absolute atomic E-state index is 0.0759. The van der Waals surface area contributed by atoms with Crippen LogP contribution in [0.4, 0.5) is 0 Å². The molecule has 0 bridgehead atoms. The van der Waals surface area contributed by atoms with Crippen LogP contribution in [-0.4, -0.2) is 104 Å². The van der Waals surface area contributed by atoms with E-state index in [-0.39, 0.29) is 37.9 Å². The molecule has 3 N–H and O–H groups in total. The normalized spacial score (nSPS) is 20.6. The van der Waals surface area contributed by atoms with Crippen molar-refractivity contribution in [3.05, 3.63) is 48.6 Å². The summed E-state index contributed by atoms with van der Waals surface area (Å²) >= 11 is 0. The van der Waals surface area contributed by atoms with Crippen molar-refractivity contribution in [1.82, 2.24) is 0 Å². The van der Waals surface area contributed by atoms with Gasteiger partial charge < -0.3 is 43.2 Å². The van der Waals surface area contributed by atoms with E-state index in [0.29, 0.717) is 43.1 Å². The van der Waals surface area contributed by atoms with Crippen LogP contribution >= 0.6 is 7.82 Å². The predicted octanol–water partition coefficient (Wildman–Crippen LogP) is 9.21. The first-order chi connectivity index (χ1) is 29.2. The van der Waals surface area contributed by atoms with Crippen LogP contribution in [0.15, 0.2) is 48.6 Å². The zero-order valence-electron chi connectivity index (χ0n) is 38.7. The number of carbonyl (C=O) groups is 2. The molecule has 12 nitrogen and oxygen atoms in total. The van der Waals surface area contributed by atoms with Crippen LogP contribution in [0.3, 0.4) is 0 Å². The average molecular weight is 884 g/mol. The first-order valence-corrected chi connectivity index (χ1v) is 25.1.